The van der Waals surface area contributed by atoms with Crippen molar-refractivity contribution in [1.29, 1.82) is 0 Å². The number of aromatic nitrogens is 4. The number of nitrogens with zero attached hydrogens (tertiary/aromatic N) is 5. The van der Waals surface area contributed by atoms with E-state index in [-0.39, 0.29) is 58.6 Å². The summed E-state index contributed by atoms with van der Waals surface area (Å²) < 4.78 is 63.6. The van der Waals surface area contributed by atoms with Crippen LogP contribution in [0.5, 0.6) is 0 Å². The Morgan fingerprint density at radius 2 is 1.50 bits per heavy atom. The summed E-state index contributed by atoms with van der Waals surface area (Å²) in [5.41, 5.74) is 0.356. The molecule has 0 aliphatic heterocycles. The van der Waals surface area contributed by atoms with Gasteiger partial charge in [-0.25, -0.2) is 0 Å². The molecule has 0 aliphatic rings. The molecule has 0 bridgehead atoms. The number of tetrazole rings is 1. The standard InChI is InChI=1S/C13H10N6O6S2.Na.H/c20-26(21,22)10-4-1-8(2-5-10)14-15-9-3-6-11(13-16-18-19-17-13)12(7-9)27(23,24)25;;/h1-7H,(H,20,21,22)(H,23,24,25)(H,16,17,18,19);;/q;+1;-1. The number of aromatic amines is 1. The monoisotopic (exact) mass is 434 g/mol. The zero-order chi connectivity index (χ0) is 19.7. The van der Waals surface area contributed by atoms with Crippen molar-refractivity contribution in [3.8, 4) is 11.4 Å². The van der Waals surface area contributed by atoms with Crippen LogP contribution in [0.15, 0.2) is 62.5 Å². The Kier molecular flexibility index (Phi) is 6.76. The SMILES string of the molecule is O=S(=O)(O)c1ccc(N=Nc2ccc(-c3nn[nH]n3)c(S(=O)(=O)O)c2)cc1.[H-].[Na+]. The van der Waals surface area contributed by atoms with Gasteiger partial charge >= 0.3 is 29.6 Å². The summed E-state index contributed by atoms with van der Waals surface area (Å²) in [6, 6.07) is 8.66. The second kappa shape index (κ2) is 8.52. The fraction of sp³-hybridized carbons (Fsp3) is 0. The molecular formula is C13H11N6NaO6S2. The van der Waals surface area contributed by atoms with E-state index in [9.17, 15) is 21.4 Å². The van der Waals surface area contributed by atoms with E-state index in [1.807, 2.05) is 0 Å². The first-order valence-electron chi connectivity index (χ1n) is 6.99. The van der Waals surface area contributed by atoms with Gasteiger partial charge in [0, 0.05) is 5.56 Å². The summed E-state index contributed by atoms with van der Waals surface area (Å²) in [5, 5.41) is 20.5. The minimum Gasteiger partial charge on any atom is -1.00 e. The van der Waals surface area contributed by atoms with Gasteiger partial charge < -0.3 is 1.43 Å². The number of nitrogens with one attached hydrogen (secondary N) is 1. The molecule has 0 unspecified atom stereocenters. The third-order valence-electron chi connectivity index (χ3n) is 3.24. The Bertz CT molecular complexity index is 1220. The zero-order valence-electron chi connectivity index (χ0n) is 15.1. The van der Waals surface area contributed by atoms with Gasteiger partial charge in [0.1, 0.15) is 4.90 Å². The van der Waals surface area contributed by atoms with Crippen LogP contribution in [-0.2, 0) is 20.2 Å². The van der Waals surface area contributed by atoms with Crippen molar-refractivity contribution < 1.29 is 56.9 Å². The Balaban J connectivity index is 0.00000210. The van der Waals surface area contributed by atoms with Gasteiger partial charge in [0.15, 0.2) is 0 Å². The van der Waals surface area contributed by atoms with Gasteiger partial charge in [-0.3, -0.25) is 9.11 Å². The van der Waals surface area contributed by atoms with Crippen LogP contribution in [0, 0.1) is 0 Å². The molecule has 12 nitrogen and oxygen atoms in total. The molecule has 0 atom stereocenters. The van der Waals surface area contributed by atoms with E-state index in [0.29, 0.717) is 0 Å². The first-order valence-corrected chi connectivity index (χ1v) is 9.87. The van der Waals surface area contributed by atoms with Crippen molar-refractivity contribution in [2.45, 2.75) is 9.79 Å². The largest absolute Gasteiger partial charge is 1.00 e. The van der Waals surface area contributed by atoms with E-state index in [0.717, 1.165) is 18.2 Å². The van der Waals surface area contributed by atoms with Crippen LogP contribution >= 0.6 is 0 Å². The number of hydrogen-bond donors (Lipinski definition) is 3. The summed E-state index contributed by atoms with van der Waals surface area (Å²) in [5.74, 6) is -0.0353. The van der Waals surface area contributed by atoms with Gasteiger partial charge in [0.25, 0.3) is 20.2 Å². The Morgan fingerprint density at radius 1 is 0.893 bits per heavy atom. The summed E-state index contributed by atoms with van der Waals surface area (Å²) in [6.07, 6.45) is 0. The third-order valence-corrected chi connectivity index (χ3v) is 5.01. The molecule has 3 rings (SSSR count). The van der Waals surface area contributed by atoms with Crippen molar-refractivity contribution in [3.63, 3.8) is 0 Å². The molecule has 0 spiro atoms. The van der Waals surface area contributed by atoms with E-state index < -0.39 is 25.1 Å². The molecular weight excluding hydrogens is 423 g/mol. The van der Waals surface area contributed by atoms with E-state index in [2.05, 4.69) is 30.9 Å². The van der Waals surface area contributed by atoms with Crippen LogP contribution in [0.3, 0.4) is 0 Å². The minimum atomic E-state index is -4.60. The van der Waals surface area contributed by atoms with Crippen LogP contribution < -0.4 is 29.6 Å². The molecule has 1 heterocycles. The maximum absolute atomic E-state index is 11.6. The molecule has 0 saturated carbocycles. The van der Waals surface area contributed by atoms with Gasteiger partial charge in [0.05, 0.1) is 16.3 Å². The van der Waals surface area contributed by atoms with Crippen molar-refractivity contribution >= 4 is 31.6 Å². The first kappa shape index (κ1) is 22.2. The van der Waals surface area contributed by atoms with E-state index in [1.54, 1.807) is 0 Å². The zero-order valence-corrected chi connectivity index (χ0v) is 17.8. The quantitative estimate of drug-likeness (QED) is 0.254. The van der Waals surface area contributed by atoms with Crippen molar-refractivity contribution in [1.82, 2.24) is 20.6 Å². The number of H-pyrrole nitrogens is 1. The Morgan fingerprint density at radius 3 is 2.04 bits per heavy atom. The van der Waals surface area contributed by atoms with Crippen LogP contribution in [0.2, 0.25) is 0 Å². The van der Waals surface area contributed by atoms with Crippen LogP contribution in [0.4, 0.5) is 11.4 Å². The Hall–Kier alpha value is -2.07. The first-order chi connectivity index (χ1) is 12.6. The number of benzene rings is 2. The van der Waals surface area contributed by atoms with Gasteiger partial charge in [-0.05, 0) is 47.7 Å². The molecule has 3 N–H and O–H groups in total. The van der Waals surface area contributed by atoms with E-state index in [4.69, 9.17) is 4.55 Å². The molecule has 2 aromatic carbocycles. The van der Waals surface area contributed by atoms with E-state index >= 15 is 0 Å². The van der Waals surface area contributed by atoms with Gasteiger partial charge in [-0.15, -0.1) is 10.2 Å². The molecule has 28 heavy (non-hydrogen) atoms. The summed E-state index contributed by atoms with van der Waals surface area (Å²) >= 11 is 0. The number of azo groups is 1. The maximum atomic E-state index is 11.6. The molecule has 1 aromatic heterocycles. The minimum absolute atomic E-state index is 0. The molecule has 142 valence electrons. The molecule has 0 amide bonds. The van der Waals surface area contributed by atoms with Gasteiger partial charge in [0.2, 0.25) is 5.82 Å². The van der Waals surface area contributed by atoms with Gasteiger partial charge in [-0.2, -0.15) is 32.3 Å². The normalized spacial score (nSPS) is 12.1. The molecule has 15 heteroatoms. The van der Waals surface area contributed by atoms with Crippen LogP contribution in [0.1, 0.15) is 1.43 Å². The molecule has 0 aliphatic carbocycles. The number of rotatable bonds is 5. The van der Waals surface area contributed by atoms with E-state index in [1.165, 1.54) is 24.3 Å². The summed E-state index contributed by atoms with van der Waals surface area (Å²) in [6.45, 7) is 0. The summed E-state index contributed by atoms with van der Waals surface area (Å²) in [4.78, 5) is -0.790. The Labute approximate surface area is 182 Å². The maximum Gasteiger partial charge on any atom is 1.00 e. The average molecular weight is 434 g/mol. The molecule has 0 fully saturated rings. The molecule has 3 aromatic rings. The van der Waals surface area contributed by atoms with Crippen molar-refractivity contribution in [2.75, 3.05) is 0 Å². The fourth-order valence-corrected chi connectivity index (χ4v) is 3.23. The second-order valence-corrected chi connectivity index (χ2v) is 7.87. The van der Waals surface area contributed by atoms with Crippen molar-refractivity contribution in [3.05, 3.63) is 42.5 Å². The average Bonchev–Trinajstić information content (AvgIpc) is 3.13. The molecule has 0 saturated heterocycles. The second-order valence-electron chi connectivity index (χ2n) is 5.06. The molecule has 0 radical (unpaired) electrons. The third kappa shape index (κ3) is 5.26. The summed E-state index contributed by atoms with van der Waals surface area (Å²) in [7, 11) is -8.93. The van der Waals surface area contributed by atoms with Gasteiger partial charge in [-0.1, -0.05) is 0 Å². The van der Waals surface area contributed by atoms with Crippen LogP contribution in [0.25, 0.3) is 11.4 Å². The fourth-order valence-electron chi connectivity index (χ4n) is 2.05. The van der Waals surface area contributed by atoms with Crippen molar-refractivity contribution in [2.24, 2.45) is 10.2 Å². The van der Waals surface area contributed by atoms with Crippen LogP contribution in [-0.4, -0.2) is 46.6 Å². The number of hydrogen-bond acceptors (Lipinski definition) is 9. The smallest absolute Gasteiger partial charge is 1.00 e. The predicted octanol–water partition coefficient (Wildman–Crippen LogP) is -1.11. The topological polar surface area (TPSA) is 188 Å². The predicted molar refractivity (Wildman–Crippen MR) is 91.0 cm³/mol.